The van der Waals surface area contributed by atoms with Crippen molar-refractivity contribution in [1.29, 1.82) is 0 Å². The van der Waals surface area contributed by atoms with Crippen molar-refractivity contribution in [2.45, 2.75) is 58.7 Å². The third-order valence-corrected chi connectivity index (χ3v) is 6.15. The smallest absolute Gasteiger partial charge is 0.132 e. The normalized spacial score (nSPS) is 18.9. The minimum Gasteiger partial charge on any atom is -0.485 e. The van der Waals surface area contributed by atoms with Crippen LogP contribution in [0.2, 0.25) is 0 Å². The predicted molar refractivity (Wildman–Crippen MR) is 138 cm³/mol. The monoisotopic (exact) mass is 457 g/mol. The number of hydrogen-bond donors (Lipinski definition) is 1. The van der Waals surface area contributed by atoms with E-state index in [0.717, 1.165) is 29.1 Å². The van der Waals surface area contributed by atoms with Gasteiger partial charge in [-0.3, -0.25) is 0 Å². The van der Waals surface area contributed by atoms with Crippen molar-refractivity contribution in [2.75, 3.05) is 11.9 Å². The number of fused-ring (bicyclic) bond motifs is 1. The number of aryl methyl sites for hydroxylation is 1. The van der Waals surface area contributed by atoms with Crippen molar-refractivity contribution in [2.24, 2.45) is 0 Å². The first kappa shape index (κ1) is 24.1. The first-order chi connectivity index (χ1) is 16.5. The molecule has 3 aromatic rings. The molecule has 0 aliphatic carbocycles. The SMILES string of the molecule is CC=CCOC1C(OCc2ccccc2)c2cc(NCc3ccc(C)cc3)ccc2OC1(C)C. The van der Waals surface area contributed by atoms with Gasteiger partial charge in [0.05, 0.1) is 13.2 Å². The standard InChI is InChI=1S/C30H35NO3/c1-5-6-18-32-29-28(33-21-24-10-8-7-9-11-24)26-19-25(16-17-27(26)34-30(29,3)4)31-20-23-14-12-22(2)13-15-23/h5-17,19,28-29,31H,18,20-21H2,1-4H3. The van der Waals surface area contributed by atoms with E-state index in [1.807, 2.05) is 43.3 Å². The molecular formula is C30H35NO3. The molecule has 4 nitrogen and oxygen atoms in total. The zero-order valence-corrected chi connectivity index (χ0v) is 20.6. The molecule has 0 amide bonds. The number of benzene rings is 3. The third kappa shape index (κ3) is 5.88. The molecule has 0 radical (unpaired) electrons. The molecule has 2 unspecified atom stereocenters. The van der Waals surface area contributed by atoms with Gasteiger partial charge in [0.15, 0.2) is 0 Å². The van der Waals surface area contributed by atoms with Crippen LogP contribution in [0.3, 0.4) is 0 Å². The summed E-state index contributed by atoms with van der Waals surface area (Å²) < 4.78 is 19.3. The molecule has 4 heteroatoms. The van der Waals surface area contributed by atoms with Gasteiger partial charge in [-0.25, -0.2) is 0 Å². The van der Waals surface area contributed by atoms with Crippen LogP contribution in [0.15, 0.2) is 84.9 Å². The number of rotatable bonds is 9. The minimum absolute atomic E-state index is 0.257. The maximum absolute atomic E-state index is 6.55. The number of allylic oxidation sites excluding steroid dienone is 1. The first-order valence-corrected chi connectivity index (χ1v) is 12.0. The molecule has 0 bridgehead atoms. The molecule has 0 spiro atoms. The summed E-state index contributed by atoms with van der Waals surface area (Å²) in [6, 6.07) is 25.1. The Morgan fingerprint density at radius 1 is 0.941 bits per heavy atom. The lowest BCUT2D eigenvalue weighted by Crippen LogP contribution is -2.51. The summed E-state index contributed by atoms with van der Waals surface area (Å²) >= 11 is 0. The molecule has 1 aliphatic rings. The van der Waals surface area contributed by atoms with Gasteiger partial charge >= 0.3 is 0 Å². The summed E-state index contributed by atoms with van der Waals surface area (Å²) in [7, 11) is 0. The van der Waals surface area contributed by atoms with E-state index in [2.05, 4.69) is 74.6 Å². The van der Waals surface area contributed by atoms with Crippen LogP contribution in [0.1, 0.15) is 49.1 Å². The highest BCUT2D eigenvalue weighted by Gasteiger charge is 2.45. The highest BCUT2D eigenvalue weighted by molar-refractivity contribution is 5.54. The lowest BCUT2D eigenvalue weighted by Gasteiger charge is -2.44. The Balaban J connectivity index is 1.60. The van der Waals surface area contributed by atoms with E-state index in [1.165, 1.54) is 11.1 Å². The predicted octanol–water partition coefficient (Wildman–Crippen LogP) is 7.00. The number of hydrogen-bond acceptors (Lipinski definition) is 4. The lowest BCUT2D eigenvalue weighted by molar-refractivity contribution is -0.161. The van der Waals surface area contributed by atoms with Crippen LogP contribution in [0.25, 0.3) is 0 Å². The molecule has 178 valence electrons. The Bertz CT molecular complexity index is 1090. The molecule has 34 heavy (non-hydrogen) atoms. The fraction of sp³-hybridized carbons (Fsp3) is 0.333. The molecule has 3 aromatic carbocycles. The molecule has 0 saturated carbocycles. The molecule has 1 heterocycles. The second-order valence-corrected chi connectivity index (χ2v) is 9.34. The second kappa shape index (κ2) is 10.9. The van der Waals surface area contributed by atoms with Crippen LogP contribution in [-0.2, 0) is 22.6 Å². The quantitative estimate of drug-likeness (QED) is 0.351. The van der Waals surface area contributed by atoms with Crippen molar-refractivity contribution in [3.05, 3.63) is 107 Å². The van der Waals surface area contributed by atoms with E-state index in [0.29, 0.717) is 13.2 Å². The van der Waals surface area contributed by atoms with Crippen LogP contribution >= 0.6 is 0 Å². The Morgan fingerprint density at radius 2 is 1.71 bits per heavy atom. The van der Waals surface area contributed by atoms with E-state index in [1.54, 1.807) is 0 Å². The van der Waals surface area contributed by atoms with Crippen LogP contribution in [-0.4, -0.2) is 18.3 Å². The number of anilines is 1. The van der Waals surface area contributed by atoms with E-state index in [4.69, 9.17) is 14.2 Å². The van der Waals surface area contributed by atoms with E-state index >= 15 is 0 Å². The summed E-state index contributed by atoms with van der Waals surface area (Å²) in [6.07, 6.45) is 3.49. The Kier molecular flexibility index (Phi) is 7.71. The molecule has 1 N–H and O–H groups in total. The Hall–Kier alpha value is -3.08. The maximum atomic E-state index is 6.55. The second-order valence-electron chi connectivity index (χ2n) is 9.34. The maximum Gasteiger partial charge on any atom is 0.132 e. The molecular weight excluding hydrogens is 422 g/mol. The topological polar surface area (TPSA) is 39.7 Å². The summed E-state index contributed by atoms with van der Waals surface area (Å²) in [6.45, 7) is 10.0. The summed E-state index contributed by atoms with van der Waals surface area (Å²) in [5.41, 5.74) is 5.14. The van der Waals surface area contributed by atoms with E-state index in [-0.39, 0.29) is 12.2 Å². The molecule has 0 aromatic heterocycles. The molecule has 0 fully saturated rings. The first-order valence-electron chi connectivity index (χ1n) is 12.0. The average molecular weight is 458 g/mol. The van der Waals surface area contributed by atoms with Crippen LogP contribution in [0.4, 0.5) is 5.69 Å². The average Bonchev–Trinajstić information content (AvgIpc) is 2.84. The summed E-state index contributed by atoms with van der Waals surface area (Å²) in [4.78, 5) is 0. The molecule has 2 atom stereocenters. The minimum atomic E-state index is -0.535. The zero-order chi connectivity index (χ0) is 24.0. The molecule has 0 saturated heterocycles. The van der Waals surface area contributed by atoms with Gasteiger partial charge in [-0.05, 0) is 57.0 Å². The van der Waals surface area contributed by atoms with Gasteiger partial charge in [0.2, 0.25) is 0 Å². The van der Waals surface area contributed by atoms with Gasteiger partial charge in [-0.2, -0.15) is 0 Å². The Morgan fingerprint density at radius 3 is 2.44 bits per heavy atom. The van der Waals surface area contributed by atoms with Crippen molar-refractivity contribution in [3.8, 4) is 5.75 Å². The largest absolute Gasteiger partial charge is 0.485 e. The van der Waals surface area contributed by atoms with Gasteiger partial charge in [-0.15, -0.1) is 0 Å². The zero-order valence-electron chi connectivity index (χ0n) is 20.6. The summed E-state index contributed by atoms with van der Waals surface area (Å²) in [5.74, 6) is 0.842. The summed E-state index contributed by atoms with van der Waals surface area (Å²) in [5, 5.41) is 3.55. The molecule has 1 aliphatic heterocycles. The molecule has 4 rings (SSSR count). The fourth-order valence-electron chi connectivity index (χ4n) is 4.23. The van der Waals surface area contributed by atoms with Gasteiger partial charge in [-0.1, -0.05) is 72.3 Å². The highest BCUT2D eigenvalue weighted by atomic mass is 16.6. The van der Waals surface area contributed by atoms with E-state index in [9.17, 15) is 0 Å². The van der Waals surface area contributed by atoms with Crippen LogP contribution in [0, 0.1) is 6.92 Å². The number of nitrogens with one attached hydrogen (secondary N) is 1. The van der Waals surface area contributed by atoms with Crippen LogP contribution in [0.5, 0.6) is 5.75 Å². The third-order valence-electron chi connectivity index (χ3n) is 6.15. The number of ether oxygens (including phenoxy) is 3. The van der Waals surface area contributed by atoms with Crippen LogP contribution < -0.4 is 10.1 Å². The van der Waals surface area contributed by atoms with Gasteiger partial charge in [0, 0.05) is 17.8 Å². The lowest BCUT2D eigenvalue weighted by atomic mass is 9.87. The van der Waals surface area contributed by atoms with Gasteiger partial charge < -0.3 is 19.5 Å². The van der Waals surface area contributed by atoms with Crippen molar-refractivity contribution < 1.29 is 14.2 Å². The van der Waals surface area contributed by atoms with Gasteiger partial charge in [0.1, 0.15) is 23.6 Å². The van der Waals surface area contributed by atoms with Crippen molar-refractivity contribution in [1.82, 2.24) is 0 Å². The van der Waals surface area contributed by atoms with Gasteiger partial charge in [0.25, 0.3) is 0 Å². The van der Waals surface area contributed by atoms with Crippen molar-refractivity contribution >= 4 is 5.69 Å². The van der Waals surface area contributed by atoms with E-state index < -0.39 is 5.60 Å². The van der Waals surface area contributed by atoms with Crippen molar-refractivity contribution in [3.63, 3.8) is 0 Å². The highest BCUT2D eigenvalue weighted by Crippen LogP contribution is 2.44. The Labute approximate surface area is 203 Å². The fourth-order valence-corrected chi connectivity index (χ4v) is 4.23.